The number of anilines is 1. The Balaban J connectivity index is 3.04. The van der Waals surface area contributed by atoms with Crippen LogP contribution in [0.4, 0.5) is 11.4 Å². The highest BCUT2D eigenvalue weighted by Crippen LogP contribution is 2.36. The van der Waals surface area contributed by atoms with Crippen molar-refractivity contribution in [3.05, 3.63) is 26.7 Å². The minimum atomic E-state index is -0.987. The van der Waals surface area contributed by atoms with E-state index < -0.39 is 17.6 Å². The van der Waals surface area contributed by atoms with Gasteiger partial charge in [0.2, 0.25) is 0 Å². The summed E-state index contributed by atoms with van der Waals surface area (Å²) in [4.78, 5) is 10.4. The van der Waals surface area contributed by atoms with Gasteiger partial charge in [-0.25, -0.2) is 0 Å². The van der Waals surface area contributed by atoms with Crippen LogP contribution in [0, 0.1) is 10.1 Å². The number of nitro benzene ring substituents is 1. The van der Waals surface area contributed by atoms with Crippen molar-refractivity contribution in [2.75, 3.05) is 25.6 Å². The Labute approximate surface area is 112 Å². The van der Waals surface area contributed by atoms with E-state index in [9.17, 15) is 15.2 Å². The van der Waals surface area contributed by atoms with Crippen molar-refractivity contribution >= 4 is 27.3 Å². The second kappa shape index (κ2) is 6.53. The molecule has 0 amide bonds. The van der Waals surface area contributed by atoms with Gasteiger partial charge < -0.3 is 20.3 Å². The zero-order chi connectivity index (χ0) is 13.7. The number of hydrogen-bond donors (Lipinski definition) is 3. The topological polar surface area (TPSA) is 105 Å². The van der Waals surface area contributed by atoms with E-state index in [1.54, 1.807) is 6.07 Å². The molecule has 18 heavy (non-hydrogen) atoms. The SMILES string of the molecule is COc1cc(Br)c(NCC(O)CO)c([N+](=O)[O-])c1. The van der Waals surface area contributed by atoms with E-state index in [0.717, 1.165) is 0 Å². The summed E-state index contributed by atoms with van der Waals surface area (Å²) in [5, 5.41) is 31.5. The summed E-state index contributed by atoms with van der Waals surface area (Å²) in [7, 11) is 1.41. The molecule has 0 saturated carbocycles. The Bertz CT molecular complexity index is 441. The summed E-state index contributed by atoms with van der Waals surface area (Å²) in [6, 6.07) is 2.85. The molecule has 0 aromatic heterocycles. The lowest BCUT2D eigenvalue weighted by Crippen LogP contribution is -2.23. The van der Waals surface area contributed by atoms with Gasteiger partial charge in [-0.05, 0) is 22.0 Å². The predicted octanol–water partition coefficient (Wildman–Crippen LogP) is 1.13. The number of aliphatic hydroxyl groups excluding tert-OH is 2. The quantitative estimate of drug-likeness (QED) is 0.536. The van der Waals surface area contributed by atoms with Crippen LogP contribution < -0.4 is 10.1 Å². The van der Waals surface area contributed by atoms with Crippen molar-refractivity contribution in [3.8, 4) is 5.75 Å². The van der Waals surface area contributed by atoms with Crippen molar-refractivity contribution in [1.82, 2.24) is 0 Å². The molecule has 1 aromatic carbocycles. The molecule has 1 unspecified atom stereocenters. The molecule has 0 spiro atoms. The smallest absolute Gasteiger partial charge is 0.297 e. The van der Waals surface area contributed by atoms with Crippen LogP contribution in [-0.4, -0.2) is 41.5 Å². The minimum Gasteiger partial charge on any atom is -0.496 e. The van der Waals surface area contributed by atoms with Crippen LogP contribution in [0.25, 0.3) is 0 Å². The highest BCUT2D eigenvalue weighted by Gasteiger charge is 2.19. The zero-order valence-corrected chi connectivity index (χ0v) is 11.2. The maximum Gasteiger partial charge on any atom is 0.297 e. The molecule has 0 saturated heterocycles. The summed E-state index contributed by atoms with van der Waals surface area (Å²) in [5.41, 5.74) is 0.0552. The van der Waals surface area contributed by atoms with Gasteiger partial charge in [-0.1, -0.05) is 0 Å². The summed E-state index contributed by atoms with van der Waals surface area (Å²) in [5.74, 6) is 0.349. The van der Waals surface area contributed by atoms with E-state index in [1.807, 2.05) is 0 Å². The van der Waals surface area contributed by atoms with Crippen molar-refractivity contribution in [2.24, 2.45) is 0 Å². The van der Waals surface area contributed by atoms with Gasteiger partial charge in [-0.3, -0.25) is 10.1 Å². The van der Waals surface area contributed by atoms with Crippen LogP contribution in [0.3, 0.4) is 0 Å². The van der Waals surface area contributed by atoms with Crippen molar-refractivity contribution < 1.29 is 19.9 Å². The highest BCUT2D eigenvalue weighted by molar-refractivity contribution is 9.10. The molecule has 0 aliphatic heterocycles. The Morgan fingerprint density at radius 3 is 2.78 bits per heavy atom. The van der Waals surface area contributed by atoms with Gasteiger partial charge in [0.1, 0.15) is 11.4 Å². The van der Waals surface area contributed by atoms with Gasteiger partial charge in [0, 0.05) is 6.54 Å². The van der Waals surface area contributed by atoms with Crippen molar-refractivity contribution in [3.63, 3.8) is 0 Å². The van der Waals surface area contributed by atoms with Gasteiger partial charge in [0.25, 0.3) is 5.69 Å². The summed E-state index contributed by atoms with van der Waals surface area (Å²) >= 11 is 3.19. The number of methoxy groups -OCH3 is 1. The average Bonchev–Trinajstić information content (AvgIpc) is 2.35. The lowest BCUT2D eigenvalue weighted by molar-refractivity contribution is -0.384. The van der Waals surface area contributed by atoms with Gasteiger partial charge in [-0.15, -0.1) is 0 Å². The number of hydrogen-bond acceptors (Lipinski definition) is 6. The molecular formula is C10H13BrN2O5. The average molecular weight is 321 g/mol. The normalized spacial score (nSPS) is 12.0. The fourth-order valence-electron chi connectivity index (χ4n) is 1.29. The Morgan fingerprint density at radius 1 is 1.61 bits per heavy atom. The number of halogens is 1. The molecule has 0 radical (unpaired) electrons. The summed E-state index contributed by atoms with van der Waals surface area (Å²) in [6.07, 6.45) is -0.987. The number of rotatable bonds is 6. The third-order valence-electron chi connectivity index (χ3n) is 2.20. The third kappa shape index (κ3) is 3.56. The standard InChI is InChI=1S/C10H13BrN2O5/c1-18-7-2-8(11)10(9(3-7)13(16)17)12-4-6(15)5-14/h2-3,6,12,14-15H,4-5H2,1H3. The van der Waals surface area contributed by atoms with Crippen LogP contribution in [0.5, 0.6) is 5.75 Å². The fraction of sp³-hybridized carbons (Fsp3) is 0.400. The first kappa shape index (κ1) is 14.7. The van der Waals surface area contributed by atoms with Gasteiger partial charge in [-0.2, -0.15) is 0 Å². The molecule has 1 aromatic rings. The molecule has 3 N–H and O–H groups in total. The highest BCUT2D eigenvalue weighted by atomic mass is 79.9. The van der Waals surface area contributed by atoms with E-state index in [1.165, 1.54) is 13.2 Å². The number of benzene rings is 1. The van der Waals surface area contributed by atoms with E-state index in [2.05, 4.69) is 21.2 Å². The lowest BCUT2D eigenvalue weighted by Gasteiger charge is -2.13. The van der Waals surface area contributed by atoms with Crippen molar-refractivity contribution in [2.45, 2.75) is 6.10 Å². The van der Waals surface area contributed by atoms with E-state index >= 15 is 0 Å². The largest absolute Gasteiger partial charge is 0.496 e. The molecule has 1 atom stereocenters. The van der Waals surface area contributed by atoms with Gasteiger partial charge >= 0.3 is 0 Å². The van der Waals surface area contributed by atoms with Crippen LogP contribution in [0.1, 0.15) is 0 Å². The van der Waals surface area contributed by atoms with Crippen LogP contribution in [0.15, 0.2) is 16.6 Å². The van der Waals surface area contributed by atoms with Crippen molar-refractivity contribution in [1.29, 1.82) is 0 Å². The Kier molecular flexibility index (Phi) is 5.32. The molecule has 0 bridgehead atoms. The fourth-order valence-corrected chi connectivity index (χ4v) is 1.86. The first-order chi connectivity index (χ1) is 8.49. The molecule has 100 valence electrons. The number of nitrogens with zero attached hydrogens (tertiary/aromatic N) is 1. The first-order valence-electron chi connectivity index (χ1n) is 5.04. The number of ether oxygens (including phenoxy) is 1. The lowest BCUT2D eigenvalue weighted by atomic mass is 10.2. The van der Waals surface area contributed by atoms with Gasteiger partial charge in [0.15, 0.2) is 0 Å². The third-order valence-corrected chi connectivity index (χ3v) is 2.83. The van der Waals surface area contributed by atoms with Crippen LogP contribution in [0.2, 0.25) is 0 Å². The first-order valence-corrected chi connectivity index (χ1v) is 5.83. The Morgan fingerprint density at radius 2 is 2.28 bits per heavy atom. The number of nitro groups is 1. The second-order valence-electron chi connectivity index (χ2n) is 3.48. The monoisotopic (exact) mass is 320 g/mol. The molecule has 7 nitrogen and oxygen atoms in total. The molecule has 0 aliphatic rings. The van der Waals surface area contributed by atoms with Crippen LogP contribution in [-0.2, 0) is 0 Å². The summed E-state index contributed by atoms with van der Waals surface area (Å²) in [6.45, 7) is -0.420. The maximum absolute atomic E-state index is 10.9. The van der Waals surface area contributed by atoms with E-state index in [4.69, 9.17) is 9.84 Å². The molecule has 8 heteroatoms. The van der Waals surface area contributed by atoms with Gasteiger partial charge in [0.05, 0.1) is 35.3 Å². The Hall–Kier alpha value is -1.38. The van der Waals surface area contributed by atoms with E-state index in [0.29, 0.717) is 10.2 Å². The summed E-state index contributed by atoms with van der Waals surface area (Å²) < 4.78 is 5.38. The number of nitrogens with one attached hydrogen (secondary N) is 1. The molecule has 0 aliphatic carbocycles. The molecular weight excluding hydrogens is 308 g/mol. The molecule has 0 heterocycles. The second-order valence-corrected chi connectivity index (χ2v) is 4.33. The minimum absolute atomic E-state index is 0.00225. The predicted molar refractivity (Wildman–Crippen MR) is 68.9 cm³/mol. The maximum atomic E-state index is 10.9. The van der Waals surface area contributed by atoms with Crippen LogP contribution >= 0.6 is 15.9 Å². The number of aliphatic hydroxyl groups is 2. The van der Waals surface area contributed by atoms with E-state index in [-0.39, 0.29) is 17.9 Å². The zero-order valence-electron chi connectivity index (χ0n) is 9.59. The molecule has 1 rings (SSSR count). The molecule has 0 fully saturated rings.